The van der Waals surface area contributed by atoms with E-state index in [-0.39, 0.29) is 21.9 Å². The number of thiophene rings is 1. The van der Waals surface area contributed by atoms with Gasteiger partial charge in [0, 0.05) is 17.5 Å². The number of hydrogen-bond acceptors (Lipinski definition) is 5. The summed E-state index contributed by atoms with van der Waals surface area (Å²) in [4.78, 5) is 12.7. The Bertz CT molecular complexity index is 688. The van der Waals surface area contributed by atoms with Gasteiger partial charge >= 0.3 is 0 Å². The maximum absolute atomic E-state index is 12.1. The highest BCUT2D eigenvalue weighted by atomic mass is 32.2. The average molecular weight is 281 g/mol. The van der Waals surface area contributed by atoms with Gasteiger partial charge in [-0.2, -0.15) is 0 Å². The predicted octanol–water partition coefficient (Wildman–Crippen LogP) is 1.96. The highest BCUT2D eigenvalue weighted by Gasteiger charge is 2.15. The molecule has 1 aromatic carbocycles. The predicted molar refractivity (Wildman–Crippen MR) is 71.7 cm³/mol. The van der Waals surface area contributed by atoms with Crippen molar-refractivity contribution in [2.24, 2.45) is 0 Å². The lowest BCUT2D eigenvalue weighted by Gasteiger charge is -2.04. The van der Waals surface area contributed by atoms with Crippen molar-refractivity contribution in [1.29, 1.82) is 0 Å². The fourth-order valence-corrected chi connectivity index (χ4v) is 2.89. The Balaban J connectivity index is 2.53. The molecule has 0 spiro atoms. The fourth-order valence-electron chi connectivity index (χ4n) is 1.52. The molecule has 0 aliphatic heterocycles. The third-order valence-corrected chi connectivity index (χ3v) is 4.32. The molecule has 1 heterocycles. The molecule has 0 aliphatic carbocycles. The van der Waals surface area contributed by atoms with Crippen molar-refractivity contribution < 1.29 is 13.2 Å². The highest BCUT2D eigenvalue weighted by molar-refractivity contribution is 7.90. The molecule has 0 atom stereocenters. The summed E-state index contributed by atoms with van der Waals surface area (Å²) in [6.07, 6.45) is 1.08. The minimum absolute atomic E-state index is 0.0578. The quantitative estimate of drug-likeness (QED) is 0.689. The largest absolute Gasteiger partial charge is 0.399 e. The molecule has 0 radical (unpaired) electrons. The molecule has 4 nitrogen and oxygen atoms in total. The average Bonchev–Trinajstić information content (AvgIpc) is 2.79. The molecule has 6 heteroatoms. The van der Waals surface area contributed by atoms with Crippen LogP contribution in [0.25, 0.3) is 0 Å². The van der Waals surface area contributed by atoms with E-state index in [0.29, 0.717) is 4.88 Å². The SMILES string of the molecule is CS(=O)(=O)c1cc(N)cc(C(=O)c2cccs2)c1. The van der Waals surface area contributed by atoms with Crippen LogP contribution in [0, 0.1) is 0 Å². The van der Waals surface area contributed by atoms with Gasteiger partial charge in [0.1, 0.15) is 0 Å². The summed E-state index contributed by atoms with van der Waals surface area (Å²) in [6, 6.07) is 7.64. The lowest BCUT2D eigenvalue weighted by molar-refractivity contribution is 0.104. The number of sulfone groups is 1. The van der Waals surface area contributed by atoms with Gasteiger partial charge in [0.05, 0.1) is 9.77 Å². The zero-order valence-corrected chi connectivity index (χ0v) is 11.2. The van der Waals surface area contributed by atoms with Crippen LogP contribution in [0.1, 0.15) is 15.2 Å². The summed E-state index contributed by atoms with van der Waals surface area (Å²) in [5, 5.41) is 1.79. The first-order chi connectivity index (χ1) is 8.38. The zero-order chi connectivity index (χ0) is 13.3. The van der Waals surface area contributed by atoms with Crippen LogP contribution in [0.5, 0.6) is 0 Å². The van der Waals surface area contributed by atoms with E-state index in [1.54, 1.807) is 17.5 Å². The van der Waals surface area contributed by atoms with Gasteiger partial charge in [0.25, 0.3) is 0 Å². The second-order valence-corrected chi connectivity index (χ2v) is 6.83. The van der Waals surface area contributed by atoms with Gasteiger partial charge in [-0.3, -0.25) is 4.79 Å². The molecule has 0 unspecified atom stereocenters. The molecule has 0 bridgehead atoms. The van der Waals surface area contributed by atoms with Gasteiger partial charge in [-0.15, -0.1) is 11.3 Å². The number of ketones is 1. The van der Waals surface area contributed by atoms with E-state index in [0.717, 1.165) is 6.26 Å². The molecule has 0 amide bonds. The Labute approximate surface area is 109 Å². The molecule has 0 fully saturated rings. The van der Waals surface area contributed by atoms with Crippen LogP contribution < -0.4 is 5.73 Å². The number of hydrogen-bond donors (Lipinski definition) is 1. The maximum atomic E-state index is 12.1. The first-order valence-electron chi connectivity index (χ1n) is 5.07. The summed E-state index contributed by atoms with van der Waals surface area (Å²) >= 11 is 1.31. The van der Waals surface area contributed by atoms with Crippen molar-refractivity contribution in [3.63, 3.8) is 0 Å². The fraction of sp³-hybridized carbons (Fsp3) is 0.0833. The summed E-state index contributed by atoms with van der Waals surface area (Å²) in [5.74, 6) is -0.220. The normalized spacial score (nSPS) is 11.4. The number of anilines is 1. The minimum Gasteiger partial charge on any atom is -0.399 e. The van der Waals surface area contributed by atoms with Crippen molar-refractivity contribution in [2.45, 2.75) is 4.90 Å². The van der Waals surface area contributed by atoms with Crippen LogP contribution in [0.2, 0.25) is 0 Å². The van der Waals surface area contributed by atoms with Crippen LogP contribution >= 0.6 is 11.3 Å². The summed E-state index contributed by atoms with van der Waals surface area (Å²) in [6.45, 7) is 0. The molecular formula is C12H11NO3S2. The van der Waals surface area contributed by atoms with Crippen molar-refractivity contribution in [2.75, 3.05) is 12.0 Å². The standard InChI is InChI=1S/C12H11NO3S2/c1-18(15,16)10-6-8(5-9(13)7-10)12(14)11-3-2-4-17-11/h2-7H,13H2,1H3. The molecule has 94 valence electrons. The Hall–Kier alpha value is -1.66. The number of carbonyl (C=O) groups excluding carboxylic acids is 1. The van der Waals surface area contributed by atoms with Crippen LogP contribution in [0.4, 0.5) is 5.69 Å². The Morgan fingerprint density at radius 3 is 2.56 bits per heavy atom. The lowest BCUT2D eigenvalue weighted by Crippen LogP contribution is -2.04. The molecular weight excluding hydrogens is 270 g/mol. The third-order valence-electron chi connectivity index (χ3n) is 2.36. The summed E-state index contributed by atoms with van der Waals surface area (Å²) < 4.78 is 23.0. The van der Waals surface area contributed by atoms with Crippen molar-refractivity contribution >= 4 is 32.6 Å². The van der Waals surface area contributed by atoms with Crippen LogP contribution in [-0.4, -0.2) is 20.5 Å². The number of benzene rings is 1. The van der Waals surface area contributed by atoms with E-state index in [1.807, 2.05) is 0 Å². The number of rotatable bonds is 3. The number of nitrogen functional groups attached to an aromatic ring is 1. The van der Waals surface area contributed by atoms with Crippen LogP contribution in [0.3, 0.4) is 0 Å². The molecule has 2 N–H and O–H groups in total. The van der Waals surface area contributed by atoms with E-state index < -0.39 is 9.84 Å². The second kappa shape index (κ2) is 4.55. The van der Waals surface area contributed by atoms with Crippen molar-refractivity contribution in [3.05, 3.63) is 46.2 Å². The Morgan fingerprint density at radius 2 is 2.00 bits per heavy atom. The van der Waals surface area contributed by atoms with E-state index in [4.69, 9.17) is 5.73 Å². The molecule has 2 rings (SSSR count). The monoisotopic (exact) mass is 281 g/mol. The number of nitrogens with two attached hydrogens (primary N) is 1. The van der Waals surface area contributed by atoms with Gasteiger partial charge in [-0.25, -0.2) is 8.42 Å². The molecule has 0 saturated carbocycles. The maximum Gasteiger partial charge on any atom is 0.203 e. The highest BCUT2D eigenvalue weighted by Crippen LogP contribution is 2.21. The van der Waals surface area contributed by atoms with Crippen molar-refractivity contribution in [1.82, 2.24) is 0 Å². The van der Waals surface area contributed by atoms with Gasteiger partial charge in [-0.05, 0) is 29.6 Å². The van der Waals surface area contributed by atoms with Crippen LogP contribution in [-0.2, 0) is 9.84 Å². The molecule has 1 aromatic heterocycles. The first kappa shape index (κ1) is 12.8. The topological polar surface area (TPSA) is 77.2 Å². The van der Waals surface area contributed by atoms with E-state index in [9.17, 15) is 13.2 Å². The molecule has 0 aliphatic rings. The van der Waals surface area contributed by atoms with E-state index in [2.05, 4.69) is 0 Å². The molecule has 0 saturated heterocycles. The van der Waals surface area contributed by atoms with Gasteiger partial charge < -0.3 is 5.73 Å². The van der Waals surface area contributed by atoms with Gasteiger partial charge in [-0.1, -0.05) is 6.07 Å². The van der Waals surface area contributed by atoms with Crippen LogP contribution in [0.15, 0.2) is 40.6 Å². The van der Waals surface area contributed by atoms with Crippen molar-refractivity contribution in [3.8, 4) is 0 Å². The Morgan fingerprint density at radius 1 is 1.28 bits per heavy atom. The van der Waals surface area contributed by atoms with Gasteiger partial charge in [0.2, 0.25) is 5.78 Å². The zero-order valence-electron chi connectivity index (χ0n) is 9.58. The summed E-state index contributed by atoms with van der Waals surface area (Å²) in [7, 11) is -3.38. The van der Waals surface area contributed by atoms with E-state index in [1.165, 1.54) is 29.5 Å². The molecule has 18 heavy (non-hydrogen) atoms. The van der Waals surface area contributed by atoms with Gasteiger partial charge in [0.15, 0.2) is 9.84 Å². The summed E-state index contributed by atoms with van der Waals surface area (Å²) in [5.41, 5.74) is 6.19. The number of carbonyl (C=O) groups is 1. The molecule has 2 aromatic rings. The van der Waals surface area contributed by atoms with E-state index >= 15 is 0 Å². The third kappa shape index (κ3) is 2.60. The smallest absolute Gasteiger partial charge is 0.203 e. The first-order valence-corrected chi connectivity index (χ1v) is 7.84. The second-order valence-electron chi connectivity index (χ2n) is 3.87. The minimum atomic E-state index is -3.38. The lowest BCUT2D eigenvalue weighted by atomic mass is 10.1. The Kier molecular flexibility index (Phi) is 3.23.